The molecular formula is C17H13F3N4O4S. The van der Waals surface area contributed by atoms with E-state index in [4.69, 9.17) is 4.74 Å². The summed E-state index contributed by atoms with van der Waals surface area (Å²) in [5, 5.41) is 13.8. The summed E-state index contributed by atoms with van der Waals surface area (Å²) in [4.78, 5) is 29.5. The normalized spacial score (nSPS) is 11.4. The van der Waals surface area contributed by atoms with E-state index in [1.54, 1.807) is 18.2 Å². The van der Waals surface area contributed by atoms with E-state index in [1.165, 1.54) is 7.11 Å². The fourth-order valence-corrected chi connectivity index (χ4v) is 3.13. The number of fused-ring (bicyclic) bond motifs is 1. The summed E-state index contributed by atoms with van der Waals surface area (Å²) < 4.78 is 43.3. The summed E-state index contributed by atoms with van der Waals surface area (Å²) in [7, 11) is 1.53. The van der Waals surface area contributed by atoms with Crippen molar-refractivity contribution in [3.05, 3.63) is 52.1 Å². The van der Waals surface area contributed by atoms with Gasteiger partial charge in [0.25, 0.3) is 5.69 Å². The van der Waals surface area contributed by atoms with Gasteiger partial charge in [0.15, 0.2) is 5.16 Å². The molecule has 0 aliphatic heterocycles. The first-order valence-corrected chi connectivity index (χ1v) is 8.98. The lowest BCUT2D eigenvalue weighted by Crippen LogP contribution is -2.16. The number of nitro groups is 1. The van der Waals surface area contributed by atoms with E-state index < -0.39 is 28.3 Å². The summed E-state index contributed by atoms with van der Waals surface area (Å²) in [5.41, 5.74) is -0.969. The number of amides is 1. The van der Waals surface area contributed by atoms with Crippen molar-refractivity contribution in [1.29, 1.82) is 0 Å². The van der Waals surface area contributed by atoms with Crippen molar-refractivity contribution in [2.24, 2.45) is 0 Å². The molecule has 0 bridgehead atoms. The molecule has 0 unspecified atom stereocenters. The van der Waals surface area contributed by atoms with E-state index in [0.717, 1.165) is 17.8 Å². The van der Waals surface area contributed by atoms with E-state index in [0.29, 0.717) is 34.1 Å². The molecule has 152 valence electrons. The first-order chi connectivity index (χ1) is 13.7. The molecule has 0 saturated carbocycles. The SMILES string of the molecule is COc1ccc2nc(SCC(=O)Nc3ccc(C(F)(F)F)cc3[N+](=O)[O-])[nH]c2c1. The van der Waals surface area contributed by atoms with Crippen molar-refractivity contribution in [3.8, 4) is 5.75 Å². The molecule has 1 amide bonds. The van der Waals surface area contributed by atoms with Gasteiger partial charge in [0.2, 0.25) is 5.91 Å². The highest BCUT2D eigenvalue weighted by Crippen LogP contribution is 2.35. The van der Waals surface area contributed by atoms with Gasteiger partial charge in [-0.2, -0.15) is 13.2 Å². The Morgan fingerprint density at radius 3 is 2.72 bits per heavy atom. The molecule has 2 N–H and O–H groups in total. The second kappa shape index (κ2) is 7.99. The number of benzene rings is 2. The standard InChI is InChI=1S/C17H13F3N4O4S/c1-28-10-3-5-11-13(7-10)23-16(22-11)29-8-15(25)21-12-4-2-9(17(18,19)20)6-14(12)24(26)27/h2-7H,8H2,1H3,(H,21,25)(H,22,23). The number of carbonyl (C=O) groups is 1. The number of H-pyrrole nitrogens is 1. The maximum atomic E-state index is 12.7. The van der Waals surface area contributed by atoms with Gasteiger partial charge in [-0.05, 0) is 24.3 Å². The number of rotatable bonds is 6. The molecule has 3 aromatic rings. The molecule has 0 aliphatic carbocycles. The molecule has 2 aromatic carbocycles. The molecule has 0 radical (unpaired) electrons. The Hall–Kier alpha value is -3.28. The average Bonchev–Trinajstić information content (AvgIpc) is 3.07. The van der Waals surface area contributed by atoms with Crippen LogP contribution in [0.15, 0.2) is 41.6 Å². The van der Waals surface area contributed by atoms with Crippen LogP contribution in [-0.2, 0) is 11.0 Å². The van der Waals surface area contributed by atoms with Crippen LogP contribution in [0.25, 0.3) is 11.0 Å². The Balaban J connectivity index is 1.70. The third-order valence-corrected chi connectivity index (χ3v) is 4.68. The fourth-order valence-electron chi connectivity index (χ4n) is 2.45. The minimum Gasteiger partial charge on any atom is -0.497 e. The zero-order chi connectivity index (χ0) is 21.2. The number of halogens is 3. The molecule has 0 fully saturated rings. The number of ether oxygens (including phenoxy) is 1. The lowest BCUT2D eigenvalue weighted by molar-refractivity contribution is -0.384. The lowest BCUT2D eigenvalue weighted by atomic mass is 10.1. The van der Waals surface area contributed by atoms with Gasteiger partial charge in [-0.25, -0.2) is 4.98 Å². The van der Waals surface area contributed by atoms with Crippen LogP contribution in [-0.4, -0.2) is 33.7 Å². The highest BCUT2D eigenvalue weighted by Gasteiger charge is 2.33. The summed E-state index contributed by atoms with van der Waals surface area (Å²) in [6.07, 6.45) is -4.73. The van der Waals surface area contributed by atoms with E-state index >= 15 is 0 Å². The molecular weight excluding hydrogens is 413 g/mol. The third kappa shape index (κ3) is 4.77. The van der Waals surface area contributed by atoms with E-state index in [1.807, 2.05) is 0 Å². The van der Waals surface area contributed by atoms with Gasteiger partial charge in [-0.3, -0.25) is 14.9 Å². The molecule has 0 spiro atoms. The predicted molar refractivity (Wildman–Crippen MR) is 100 cm³/mol. The Bertz CT molecular complexity index is 1080. The van der Waals surface area contributed by atoms with Crippen LogP contribution >= 0.6 is 11.8 Å². The molecule has 8 nitrogen and oxygen atoms in total. The number of nitrogens with zero attached hydrogens (tertiary/aromatic N) is 2. The first kappa shape index (κ1) is 20.5. The van der Waals surface area contributed by atoms with Crippen molar-refractivity contribution < 1.29 is 27.6 Å². The quantitative estimate of drug-likeness (QED) is 0.347. The highest BCUT2D eigenvalue weighted by molar-refractivity contribution is 7.99. The Labute approximate surface area is 165 Å². The topological polar surface area (TPSA) is 110 Å². The second-order valence-corrected chi connectivity index (χ2v) is 6.71. The second-order valence-electron chi connectivity index (χ2n) is 5.75. The predicted octanol–water partition coefficient (Wildman–Crippen LogP) is 4.23. The van der Waals surface area contributed by atoms with Crippen LogP contribution in [0.5, 0.6) is 5.75 Å². The highest BCUT2D eigenvalue weighted by atomic mass is 32.2. The monoisotopic (exact) mass is 426 g/mol. The number of thioether (sulfide) groups is 1. The number of carbonyl (C=O) groups excluding carboxylic acids is 1. The molecule has 0 aliphatic rings. The maximum absolute atomic E-state index is 12.7. The zero-order valence-electron chi connectivity index (χ0n) is 14.7. The summed E-state index contributed by atoms with van der Waals surface area (Å²) in [5.74, 6) is -0.157. The minimum atomic E-state index is -4.73. The van der Waals surface area contributed by atoms with Crippen LogP contribution in [0.2, 0.25) is 0 Å². The maximum Gasteiger partial charge on any atom is 0.416 e. The van der Waals surface area contributed by atoms with Crippen molar-refractivity contribution >= 4 is 40.1 Å². The van der Waals surface area contributed by atoms with Crippen LogP contribution < -0.4 is 10.1 Å². The van der Waals surface area contributed by atoms with Crippen molar-refractivity contribution in [2.75, 3.05) is 18.2 Å². The summed E-state index contributed by atoms with van der Waals surface area (Å²) in [6.45, 7) is 0. The Morgan fingerprint density at radius 1 is 1.31 bits per heavy atom. The van der Waals surface area contributed by atoms with Crippen LogP contribution in [0.1, 0.15) is 5.56 Å². The summed E-state index contributed by atoms with van der Waals surface area (Å²) >= 11 is 1.04. The molecule has 1 heterocycles. The number of alkyl halides is 3. The minimum absolute atomic E-state index is 0.158. The molecule has 1 aromatic heterocycles. The number of aromatic nitrogens is 2. The van der Waals surface area contributed by atoms with Crippen molar-refractivity contribution in [1.82, 2.24) is 9.97 Å². The van der Waals surface area contributed by atoms with Crippen molar-refractivity contribution in [2.45, 2.75) is 11.3 Å². The van der Waals surface area contributed by atoms with Crippen molar-refractivity contribution in [3.63, 3.8) is 0 Å². The zero-order valence-corrected chi connectivity index (χ0v) is 15.6. The first-order valence-electron chi connectivity index (χ1n) is 7.99. The van der Waals surface area contributed by atoms with E-state index in [2.05, 4.69) is 15.3 Å². The third-order valence-electron chi connectivity index (χ3n) is 3.80. The number of hydrogen-bond donors (Lipinski definition) is 2. The van der Waals surface area contributed by atoms with Gasteiger partial charge in [-0.1, -0.05) is 11.8 Å². The van der Waals surface area contributed by atoms with Crippen LogP contribution in [0, 0.1) is 10.1 Å². The van der Waals surface area contributed by atoms with Gasteiger partial charge >= 0.3 is 6.18 Å². The number of nitrogens with one attached hydrogen (secondary N) is 2. The number of imidazole rings is 1. The van der Waals surface area contributed by atoms with E-state index in [-0.39, 0.29) is 11.4 Å². The molecule has 12 heteroatoms. The number of methoxy groups -OCH3 is 1. The van der Waals surface area contributed by atoms with Crippen LogP contribution in [0.4, 0.5) is 24.5 Å². The summed E-state index contributed by atoms with van der Waals surface area (Å²) in [6, 6.07) is 7.11. The van der Waals surface area contributed by atoms with Gasteiger partial charge in [0.05, 0.1) is 34.4 Å². The van der Waals surface area contributed by atoms with Gasteiger partial charge in [-0.15, -0.1) is 0 Å². The molecule has 3 rings (SSSR count). The molecule has 0 saturated heterocycles. The van der Waals surface area contributed by atoms with Gasteiger partial charge < -0.3 is 15.0 Å². The van der Waals surface area contributed by atoms with Crippen LogP contribution in [0.3, 0.4) is 0 Å². The number of aromatic amines is 1. The number of nitro benzene ring substituents is 1. The smallest absolute Gasteiger partial charge is 0.416 e. The largest absolute Gasteiger partial charge is 0.497 e. The molecule has 0 atom stereocenters. The van der Waals surface area contributed by atoms with Gasteiger partial charge in [0, 0.05) is 12.1 Å². The fraction of sp³-hybridized carbons (Fsp3) is 0.176. The molecule has 29 heavy (non-hydrogen) atoms. The van der Waals surface area contributed by atoms with Gasteiger partial charge in [0.1, 0.15) is 11.4 Å². The Morgan fingerprint density at radius 2 is 2.07 bits per heavy atom. The Kier molecular flexibility index (Phi) is 5.64. The number of anilines is 1. The number of hydrogen-bond acceptors (Lipinski definition) is 6. The average molecular weight is 426 g/mol. The lowest BCUT2D eigenvalue weighted by Gasteiger charge is -2.09. The van der Waals surface area contributed by atoms with E-state index in [9.17, 15) is 28.1 Å².